The molecule has 0 aliphatic carbocycles. The molecule has 0 bridgehead atoms. The monoisotopic (exact) mass is 1420 g/mol. The fourth-order valence-corrected chi connectivity index (χ4v) is 17.5. The van der Waals surface area contributed by atoms with E-state index in [2.05, 4.69) is 262 Å². The lowest BCUT2D eigenvalue weighted by Crippen LogP contribution is -2.61. The molecule has 3 aromatic heterocycles. The fourth-order valence-electron chi connectivity index (χ4n) is 17.5. The number of nitrogens with zero attached hydrogens (tertiary/aromatic N) is 5. The molecule has 5 heterocycles. The summed E-state index contributed by atoms with van der Waals surface area (Å²) in [4.78, 5) is 4.72. The zero-order valence-corrected chi connectivity index (χ0v) is 61.5. The molecule has 0 N–H and O–H groups in total. The van der Waals surface area contributed by atoms with Crippen molar-refractivity contribution in [3.8, 4) is 72.7 Å². The Hall–Kier alpha value is -13.4. The number of aromatic nitrogens is 3. The third kappa shape index (κ3) is 10.2. The minimum Gasteiger partial charge on any atom is -0.310 e. The molecule has 0 fully saturated rings. The van der Waals surface area contributed by atoms with Crippen LogP contribution < -0.4 is 26.2 Å². The summed E-state index contributed by atoms with van der Waals surface area (Å²) in [6.45, 7) is 12.7. The lowest BCUT2D eigenvalue weighted by molar-refractivity contribution is 0.590. The highest BCUT2D eigenvalue weighted by molar-refractivity contribution is 7.00. The first-order valence-corrected chi connectivity index (χ1v) is 37.6. The molecule has 0 saturated heterocycles. The Balaban J connectivity index is 0.974. The molecular formula is C104H78BN5. The van der Waals surface area contributed by atoms with Crippen molar-refractivity contribution in [3.05, 3.63) is 375 Å². The van der Waals surface area contributed by atoms with E-state index < -0.39 is 61.1 Å². The van der Waals surface area contributed by atoms with E-state index in [1.165, 1.54) is 0 Å². The molecule has 0 radical (unpaired) electrons. The van der Waals surface area contributed by atoms with Gasteiger partial charge in [-0.25, -0.2) is 0 Å². The largest absolute Gasteiger partial charge is 0.310 e. The minimum atomic E-state index is -0.675. The van der Waals surface area contributed by atoms with Gasteiger partial charge in [0, 0.05) is 88.7 Å². The van der Waals surface area contributed by atoms with Gasteiger partial charge in [-0.3, -0.25) is 0 Å². The number of rotatable bonds is 10. The number of benzene rings is 16. The molecule has 6 heteroatoms. The van der Waals surface area contributed by atoms with E-state index in [1.807, 2.05) is 89.5 Å². The highest BCUT2D eigenvalue weighted by Gasteiger charge is 2.46. The second kappa shape index (κ2) is 25.1. The normalized spacial score (nSPS) is 14.3. The van der Waals surface area contributed by atoms with Gasteiger partial charge in [0.2, 0.25) is 0 Å². The molecule has 2 aliphatic heterocycles. The third-order valence-corrected chi connectivity index (χ3v) is 22.7. The van der Waals surface area contributed by atoms with Crippen LogP contribution in [0.1, 0.15) is 69.1 Å². The molecule has 0 unspecified atom stereocenters. The van der Waals surface area contributed by atoms with Crippen molar-refractivity contribution in [1.82, 2.24) is 13.7 Å². The molecule has 110 heavy (non-hydrogen) atoms. The van der Waals surface area contributed by atoms with E-state index in [0.717, 1.165) is 128 Å². The molecule has 0 spiro atoms. The van der Waals surface area contributed by atoms with Crippen molar-refractivity contribution in [2.75, 3.05) is 9.80 Å². The molecule has 21 rings (SSSR count). The Morgan fingerprint density at radius 2 is 0.636 bits per heavy atom. The summed E-state index contributed by atoms with van der Waals surface area (Å²) in [5.74, 6) is 0. The zero-order valence-electron chi connectivity index (χ0n) is 73.5. The summed E-state index contributed by atoms with van der Waals surface area (Å²) in [7, 11) is 0. The van der Waals surface area contributed by atoms with Gasteiger partial charge in [0.05, 0.1) is 66.6 Å². The van der Waals surface area contributed by atoms with Crippen LogP contribution in [-0.2, 0) is 10.8 Å². The molecule has 522 valence electrons. The van der Waals surface area contributed by atoms with Crippen molar-refractivity contribution < 1.29 is 16.4 Å². The first-order chi connectivity index (χ1) is 58.9. The standard InChI is InChI=1S/C104H78BN5/c1-103(2,3)73-40-29-39-71(59-73)72-53-56-88-96(60-72)109(102-85(69-35-15-9-16-36-69)61-74(104(4,5)6)62-86(102)70-37-17-10-18-38-70)98-65-77(108-92-50-26-21-43-82(92)83-44-22-27-51-93(83)108)66-99-100(98)105(88)89-57-54-76(64-97(89)110(99)101-78(67-31-11-7-12-32-67)46-30-47-79(101)68-33-13-8-14-34-68)107-94-52-28-23-45-84(94)87-63-75(55-58-95(87)107)106-90-48-24-19-41-80(90)81-42-20-25-49-91(81)106/h7-66H,1-6H3/i21D,22D,23D,26D,27D,28D,43D,44D,45D,50D,51D,52D. The Kier molecular flexibility index (Phi) is 12.2. The predicted molar refractivity (Wildman–Crippen MR) is 468 cm³/mol. The minimum absolute atomic E-state index is 0.0492. The van der Waals surface area contributed by atoms with E-state index in [0.29, 0.717) is 44.7 Å². The van der Waals surface area contributed by atoms with Gasteiger partial charge in [-0.05, 0) is 163 Å². The number of anilines is 6. The quantitative estimate of drug-likeness (QED) is 0.127. The Labute approximate surface area is 659 Å². The van der Waals surface area contributed by atoms with Crippen LogP contribution in [0.25, 0.3) is 138 Å². The van der Waals surface area contributed by atoms with Gasteiger partial charge in [0.25, 0.3) is 6.71 Å². The van der Waals surface area contributed by atoms with Crippen LogP contribution in [0.3, 0.4) is 0 Å². The smallest absolute Gasteiger partial charge is 0.252 e. The van der Waals surface area contributed by atoms with Crippen LogP contribution in [0.4, 0.5) is 34.1 Å². The second-order valence-corrected chi connectivity index (χ2v) is 31.1. The summed E-state index contributed by atoms with van der Waals surface area (Å²) >= 11 is 0. The van der Waals surface area contributed by atoms with Crippen LogP contribution in [0.2, 0.25) is 0 Å². The first-order valence-electron chi connectivity index (χ1n) is 43.6. The molecule has 16 aromatic carbocycles. The lowest BCUT2D eigenvalue weighted by atomic mass is 9.33. The number of fused-ring (bicyclic) bond motifs is 13. The van der Waals surface area contributed by atoms with Gasteiger partial charge in [-0.2, -0.15) is 0 Å². The van der Waals surface area contributed by atoms with Gasteiger partial charge in [0.1, 0.15) is 0 Å². The topological polar surface area (TPSA) is 21.3 Å². The van der Waals surface area contributed by atoms with Gasteiger partial charge >= 0.3 is 0 Å². The summed E-state index contributed by atoms with van der Waals surface area (Å²) < 4.78 is 123. The Morgan fingerprint density at radius 1 is 0.255 bits per heavy atom. The van der Waals surface area contributed by atoms with Crippen LogP contribution >= 0.6 is 0 Å². The molecule has 0 saturated carbocycles. The number of para-hydroxylation sites is 6. The second-order valence-electron chi connectivity index (χ2n) is 31.1. The number of hydrogen-bond donors (Lipinski definition) is 0. The maximum atomic E-state index is 10.3. The number of hydrogen-bond acceptors (Lipinski definition) is 2. The van der Waals surface area contributed by atoms with Crippen molar-refractivity contribution in [1.29, 1.82) is 0 Å². The molecule has 5 nitrogen and oxygen atoms in total. The lowest BCUT2D eigenvalue weighted by Gasteiger charge is -2.46. The Morgan fingerprint density at radius 3 is 1.16 bits per heavy atom. The maximum absolute atomic E-state index is 10.3. The van der Waals surface area contributed by atoms with Crippen LogP contribution in [0, 0.1) is 0 Å². The summed E-state index contributed by atoms with van der Waals surface area (Å²) in [5.41, 5.74) is 22.0. The van der Waals surface area contributed by atoms with Crippen molar-refractivity contribution >= 4 is 123 Å². The van der Waals surface area contributed by atoms with E-state index in [4.69, 9.17) is 0 Å². The summed E-state index contributed by atoms with van der Waals surface area (Å²) in [6.07, 6.45) is 0. The van der Waals surface area contributed by atoms with Crippen molar-refractivity contribution in [2.45, 2.75) is 52.4 Å². The van der Waals surface area contributed by atoms with Crippen LogP contribution in [0.15, 0.2) is 364 Å². The van der Waals surface area contributed by atoms with Gasteiger partial charge in [-0.15, -0.1) is 0 Å². The summed E-state index contributed by atoms with van der Waals surface area (Å²) in [6, 6.07) is 96.0. The molecule has 0 atom stereocenters. The average Bonchev–Trinajstić information content (AvgIpc) is 0.939. The fraction of sp³-hybridized carbons (Fsp3) is 0.0769. The molecule has 0 amide bonds. The van der Waals surface area contributed by atoms with E-state index in [-0.39, 0.29) is 56.3 Å². The SMILES string of the molecule is [2H]c1c([2H])c([2H])c2c(c1[2H])c1cc(-n3c4ccccc4c4ccccc43)ccc1n2-c1ccc2c(c1)N(c1c(-c3ccccc3)cccc1-c1ccccc1)c1cc(-n3c4c([2H])c([2H])c([2H])c([2H])c4c4c([2H])c([2H])c([2H])c([2H])c43)cc3c1B2c1ccc(-c2cccc(C(C)(C)C)c2)cc1N3c1c(-c2ccccc2)cc(C(C)(C)C)cc1-c1ccccc1. The third-order valence-electron chi connectivity index (χ3n) is 22.7. The Bertz CT molecular complexity index is 7450. The van der Waals surface area contributed by atoms with Gasteiger partial charge in [-0.1, -0.05) is 314 Å². The van der Waals surface area contributed by atoms with Gasteiger partial charge < -0.3 is 23.5 Å². The maximum Gasteiger partial charge on any atom is 0.252 e. The predicted octanol–water partition coefficient (Wildman–Crippen LogP) is 26.0. The first kappa shape index (κ1) is 53.4. The van der Waals surface area contributed by atoms with E-state index >= 15 is 0 Å². The highest BCUT2D eigenvalue weighted by atomic mass is 15.2. The molecular weight excluding hydrogens is 1330 g/mol. The van der Waals surface area contributed by atoms with Crippen LogP contribution in [-0.4, -0.2) is 20.4 Å². The van der Waals surface area contributed by atoms with Crippen molar-refractivity contribution in [2.24, 2.45) is 0 Å². The van der Waals surface area contributed by atoms with Crippen LogP contribution in [0.5, 0.6) is 0 Å². The van der Waals surface area contributed by atoms with Crippen molar-refractivity contribution in [3.63, 3.8) is 0 Å². The van der Waals surface area contributed by atoms with E-state index in [1.54, 1.807) is 4.57 Å². The molecule has 2 aliphatic rings. The highest BCUT2D eigenvalue weighted by Crippen LogP contribution is 2.55. The summed E-state index contributed by atoms with van der Waals surface area (Å²) in [5, 5.41) is 2.94. The van der Waals surface area contributed by atoms with E-state index in [9.17, 15) is 16.4 Å². The van der Waals surface area contributed by atoms with Gasteiger partial charge in [0.15, 0.2) is 0 Å². The average molecular weight is 1420 g/mol. The molecule has 19 aromatic rings. The zero-order chi connectivity index (χ0) is 84.1.